The molecule has 1 atom stereocenters. The number of nitriles is 1. The molecule has 0 fully saturated rings. The second-order valence-corrected chi connectivity index (χ2v) is 3.19. The van der Waals surface area contributed by atoms with Crippen LogP contribution in [-0.2, 0) is 16.0 Å². The van der Waals surface area contributed by atoms with Crippen molar-refractivity contribution in [2.45, 2.75) is 12.5 Å². The van der Waals surface area contributed by atoms with Crippen LogP contribution in [-0.4, -0.2) is 23.5 Å². The van der Waals surface area contributed by atoms with Crippen LogP contribution in [0, 0.1) is 11.3 Å². The van der Waals surface area contributed by atoms with E-state index in [1.807, 2.05) is 6.07 Å². The topological polar surface area (TPSA) is 90.2 Å². The Balaban J connectivity index is 2.81. The highest BCUT2D eigenvalue weighted by molar-refractivity contribution is 5.76. The first-order valence-corrected chi connectivity index (χ1v) is 4.59. The van der Waals surface area contributed by atoms with Crippen molar-refractivity contribution < 1.29 is 14.7 Å². The molecular formula is C11H10N2O3. The normalized spacial score (nSPS) is 11.2. The summed E-state index contributed by atoms with van der Waals surface area (Å²) < 4.78 is 0. The lowest BCUT2D eigenvalue weighted by Crippen LogP contribution is -2.37. The van der Waals surface area contributed by atoms with E-state index in [-0.39, 0.29) is 6.42 Å². The largest absolute Gasteiger partial charge is 0.480 e. The molecule has 0 spiro atoms. The molecule has 5 heteroatoms. The lowest BCUT2D eigenvalue weighted by atomic mass is 10.0. The van der Waals surface area contributed by atoms with Gasteiger partial charge < -0.3 is 10.4 Å². The second kappa shape index (κ2) is 5.51. The van der Waals surface area contributed by atoms with Gasteiger partial charge in [0.1, 0.15) is 6.04 Å². The molecule has 0 aliphatic rings. The number of carboxylic acid groups (broad SMARTS) is 1. The minimum absolute atomic E-state index is 0.156. The molecule has 0 radical (unpaired) electrons. The Morgan fingerprint density at radius 1 is 1.62 bits per heavy atom. The highest BCUT2D eigenvalue weighted by atomic mass is 16.4. The van der Waals surface area contributed by atoms with Crippen LogP contribution in [0.3, 0.4) is 0 Å². The SMILES string of the molecule is N#Cc1cccc(CC(NC=O)C(=O)O)c1. The predicted molar refractivity (Wildman–Crippen MR) is 55.5 cm³/mol. The Bertz CT molecular complexity index is 437. The van der Waals surface area contributed by atoms with Gasteiger partial charge in [0.15, 0.2) is 0 Å². The van der Waals surface area contributed by atoms with Crippen LogP contribution < -0.4 is 5.32 Å². The third-order valence-corrected chi connectivity index (χ3v) is 2.06. The number of rotatable bonds is 5. The smallest absolute Gasteiger partial charge is 0.326 e. The number of hydrogen-bond acceptors (Lipinski definition) is 3. The van der Waals surface area contributed by atoms with E-state index in [9.17, 15) is 9.59 Å². The lowest BCUT2D eigenvalue weighted by Gasteiger charge is -2.10. The minimum Gasteiger partial charge on any atom is -0.480 e. The molecule has 1 aromatic carbocycles. The summed E-state index contributed by atoms with van der Waals surface area (Å²) in [6, 6.07) is 7.62. The summed E-state index contributed by atoms with van der Waals surface area (Å²) in [5.74, 6) is -1.10. The molecule has 0 aromatic heterocycles. The summed E-state index contributed by atoms with van der Waals surface area (Å²) in [7, 11) is 0. The van der Waals surface area contributed by atoms with Gasteiger partial charge in [-0.25, -0.2) is 4.79 Å². The fraction of sp³-hybridized carbons (Fsp3) is 0.182. The first-order chi connectivity index (χ1) is 7.67. The average Bonchev–Trinajstić information content (AvgIpc) is 2.28. The van der Waals surface area contributed by atoms with Gasteiger partial charge in [-0.05, 0) is 17.7 Å². The van der Waals surface area contributed by atoms with Gasteiger partial charge >= 0.3 is 5.97 Å². The van der Waals surface area contributed by atoms with Crippen molar-refractivity contribution in [3.63, 3.8) is 0 Å². The molecule has 1 rings (SSSR count). The van der Waals surface area contributed by atoms with E-state index in [1.165, 1.54) is 0 Å². The zero-order valence-electron chi connectivity index (χ0n) is 8.38. The number of hydrogen-bond donors (Lipinski definition) is 2. The van der Waals surface area contributed by atoms with Crippen LogP contribution in [0.2, 0.25) is 0 Å². The van der Waals surface area contributed by atoms with Crippen molar-refractivity contribution >= 4 is 12.4 Å². The maximum absolute atomic E-state index is 10.8. The van der Waals surface area contributed by atoms with E-state index in [0.29, 0.717) is 17.5 Å². The Hall–Kier alpha value is -2.35. The first kappa shape index (κ1) is 11.7. The number of carboxylic acids is 1. The second-order valence-electron chi connectivity index (χ2n) is 3.19. The molecule has 0 aliphatic carbocycles. The number of amides is 1. The Kier molecular flexibility index (Phi) is 4.04. The molecular weight excluding hydrogens is 208 g/mol. The van der Waals surface area contributed by atoms with Crippen LogP contribution in [0.15, 0.2) is 24.3 Å². The number of benzene rings is 1. The Morgan fingerprint density at radius 2 is 2.38 bits per heavy atom. The fourth-order valence-electron chi connectivity index (χ4n) is 1.30. The highest BCUT2D eigenvalue weighted by Crippen LogP contribution is 2.07. The summed E-state index contributed by atoms with van der Waals surface area (Å²) in [5.41, 5.74) is 1.16. The van der Waals surface area contributed by atoms with Crippen LogP contribution in [0.1, 0.15) is 11.1 Å². The van der Waals surface area contributed by atoms with Gasteiger partial charge in [0.05, 0.1) is 11.6 Å². The standard InChI is InChI=1S/C11H10N2O3/c12-6-9-3-1-2-8(4-9)5-10(11(15)16)13-7-14/h1-4,7,10H,5H2,(H,13,14)(H,15,16). The first-order valence-electron chi connectivity index (χ1n) is 4.59. The minimum atomic E-state index is -1.10. The van der Waals surface area contributed by atoms with Crippen LogP contribution in [0.25, 0.3) is 0 Å². The molecule has 1 aromatic rings. The van der Waals surface area contributed by atoms with E-state index >= 15 is 0 Å². The van der Waals surface area contributed by atoms with Crippen LogP contribution >= 0.6 is 0 Å². The zero-order chi connectivity index (χ0) is 12.0. The molecule has 0 heterocycles. The molecule has 0 saturated carbocycles. The summed E-state index contributed by atoms with van der Waals surface area (Å²) in [6.07, 6.45) is 0.510. The molecule has 1 unspecified atom stereocenters. The molecule has 0 bridgehead atoms. The molecule has 82 valence electrons. The number of carbonyl (C=O) groups is 2. The number of aliphatic carboxylic acids is 1. The predicted octanol–water partition coefficient (Wildman–Crippen LogP) is 0.300. The van der Waals surface area contributed by atoms with Gasteiger partial charge in [-0.2, -0.15) is 5.26 Å². The molecule has 2 N–H and O–H groups in total. The Labute approximate surface area is 92.3 Å². The third-order valence-electron chi connectivity index (χ3n) is 2.06. The number of carbonyl (C=O) groups excluding carboxylic acids is 1. The monoisotopic (exact) mass is 218 g/mol. The van der Waals surface area contributed by atoms with Crippen molar-refractivity contribution in [2.24, 2.45) is 0 Å². The lowest BCUT2D eigenvalue weighted by molar-refractivity contribution is -0.140. The van der Waals surface area contributed by atoms with Gasteiger partial charge in [0.25, 0.3) is 0 Å². The molecule has 0 saturated heterocycles. The fourth-order valence-corrected chi connectivity index (χ4v) is 1.30. The summed E-state index contributed by atoms with van der Waals surface area (Å²) >= 11 is 0. The van der Waals surface area contributed by atoms with Crippen molar-refractivity contribution in [2.75, 3.05) is 0 Å². The van der Waals surface area contributed by atoms with Gasteiger partial charge in [0, 0.05) is 6.42 Å². The van der Waals surface area contributed by atoms with Crippen LogP contribution in [0.4, 0.5) is 0 Å². The van der Waals surface area contributed by atoms with E-state index < -0.39 is 12.0 Å². The quantitative estimate of drug-likeness (QED) is 0.695. The van der Waals surface area contributed by atoms with Crippen molar-refractivity contribution in [3.05, 3.63) is 35.4 Å². The highest BCUT2D eigenvalue weighted by Gasteiger charge is 2.16. The van der Waals surface area contributed by atoms with Gasteiger partial charge in [-0.1, -0.05) is 12.1 Å². The zero-order valence-corrected chi connectivity index (χ0v) is 8.38. The summed E-state index contributed by atoms with van der Waals surface area (Å²) in [6.45, 7) is 0. The molecule has 1 amide bonds. The van der Waals surface area contributed by atoms with Gasteiger partial charge in [-0.15, -0.1) is 0 Å². The number of nitrogens with zero attached hydrogens (tertiary/aromatic N) is 1. The third kappa shape index (κ3) is 3.10. The van der Waals surface area contributed by atoms with E-state index in [4.69, 9.17) is 10.4 Å². The van der Waals surface area contributed by atoms with Crippen molar-refractivity contribution in [3.8, 4) is 6.07 Å². The molecule has 16 heavy (non-hydrogen) atoms. The van der Waals surface area contributed by atoms with E-state index in [0.717, 1.165) is 0 Å². The van der Waals surface area contributed by atoms with E-state index in [1.54, 1.807) is 24.3 Å². The maximum atomic E-state index is 10.8. The maximum Gasteiger partial charge on any atom is 0.326 e. The van der Waals surface area contributed by atoms with Crippen molar-refractivity contribution in [1.82, 2.24) is 5.32 Å². The molecule has 0 aliphatic heterocycles. The number of nitrogens with one attached hydrogen (secondary N) is 1. The summed E-state index contributed by atoms with van der Waals surface area (Å²) in [5, 5.41) is 19.7. The van der Waals surface area contributed by atoms with Crippen molar-refractivity contribution in [1.29, 1.82) is 5.26 Å². The average molecular weight is 218 g/mol. The van der Waals surface area contributed by atoms with E-state index in [2.05, 4.69) is 5.32 Å². The molecule has 5 nitrogen and oxygen atoms in total. The van der Waals surface area contributed by atoms with Gasteiger partial charge in [0.2, 0.25) is 6.41 Å². The van der Waals surface area contributed by atoms with Gasteiger partial charge in [-0.3, -0.25) is 4.79 Å². The summed E-state index contributed by atoms with van der Waals surface area (Å²) in [4.78, 5) is 21.0. The Morgan fingerprint density at radius 3 is 2.94 bits per heavy atom. The van der Waals surface area contributed by atoms with Crippen LogP contribution in [0.5, 0.6) is 0 Å².